The van der Waals surface area contributed by atoms with E-state index in [-0.39, 0.29) is 11.7 Å². The molecule has 8 heteroatoms. The van der Waals surface area contributed by atoms with Crippen molar-refractivity contribution in [3.63, 3.8) is 0 Å². The van der Waals surface area contributed by atoms with Crippen LogP contribution in [0.1, 0.15) is 5.56 Å². The first kappa shape index (κ1) is 18.8. The largest absolute Gasteiger partial charge is 0.411 e. The summed E-state index contributed by atoms with van der Waals surface area (Å²) >= 11 is 2.66. The number of carbonyl (C=O) groups is 1. The first-order valence-corrected chi connectivity index (χ1v) is 11.1. The van der Waals surface area contributed by atoms with Crippen molar-refractivity contribution in [3.05, 3.63) is 66.2 Å². The topological polar surface area (TPSA) is 80.9 Å². The molecule has 0 aliphatic rings. The highest BCUT2D eigenvalue weighted by Gasteiger charge is 2.14. The molecule has 0 radical (unpaired) electrons. The van der Waals surface area contributed by atoms with Crippen molar-refractivity contribution >= 4 is 55.1 Å². The van der Waals surface area contributed by atoms with Crippen LogP contribution < -0.4 is 5.32 Å². The number of hydrogen-bond donors (Lipinski definition) is 1. The minimum absolute atomic E-state index is 0.159. The van der Waals surface area contributed by atoms with Crippen LogP contribution in [0.5, 0.6) is 0 Å². The summed E-state index contributed by atoms with van der Waals surface area (Å²) in [6, 6.07) is 20.0. The third-order valence-electron chi connectivity index (χ3n) is 4.54. The van der Waals surface area contributed by atoms with E-state index >= 15 is 0 Å². The quantitative estimate of drug-likeness (QED) is 0.367. The van der Waals surface area contributed by atoms with Gasteiger partial charge in [0.2, 0.25) is 11.8 Å². The summed E-state index contributed by atoms with van der Waals surface area (Å²) in [6.07, 6.45) is 0. The fraction of sp³-hybridized carbons (Fsp3) is 0.0909. The molecule has 6 nitrogen and oxygen atoms in total. The Morgan fingerprint density at radius 2 is 1.97 bits per heavy atom. The number of nitrogens with one attached hydrogen (secondary N) is 1. The Hall–Kier alpha value is -3.23. The van der Waals surface area contributed by atoms with Crippen molar-refractivity contribution in [2.45, 2.75) is 12.1 Å². The second kappa shape index (κ2) is 7.89. The van der Waals surface area contributed by atoms with E-state index in [4.69, 9.17) is 4.42 Å². The van der Waals surface area contributed by atoms with Crippen LogP contribution in [-0.2, 0) is 4.79 Å². The van der Waals surface area contributed by atoms with Gasteiger partial charge < -0.3 is 9.73 Å². The zero-order chi connectivity index (χ0) is 20.5. The van der Waals surface area contributed by atoms with Crippen molar-refractivity contribution in [1.82, 2.24) is 15.2 Å². The Morgan fingerprint density at radius 3 is 2.90 bits per heavy atom. The molecule has 3 aromatic carbocycles. The van der Waals surface area contributed by atoms with Crippen molar-refractivity contribution in [2.75, 3.05) is 11.1 Å². The predicted octanol–water partition coefficient (Wildman–Crippen LogP) is 5.54. The van der Waals surface area contributed by atoms with E-state index in [2.05, 4.69) is 26.6 Å². The van der Waals surface area contributed by atoms with Crippen LogP contribution in [0.3, 0.4) is 0 Å². The van der Waals surface area contributed by atoms with Crippen LogP contribution in [-0.4, -0.2) is 26.8 Å². The van der Waals surface area contributed by atoms with Gasteiger partial charge in [0, 0.05) is 5.56 Å². The summed E-state index contributed by atoms with van der Waals surface area (Å²) in [4.78, 5) is 16.8. The van der Waals surface area contributed by atoms with Gasteiger partial charge in [-0.1, -0.05) is 65.6 Å². The van der Waals surface area contributed by atoms with Crippen molar-refractivity contribution in [1.29, 1.82) is 0 Å². The first-order chi connectivity index (χ1) is 14.7. The summed E-state index contributed by atoms with van der Waals surface area (Å²) in [5.41, 5.74) is 2.92. The van der Waals surface area contributed by atoms with Gasteiger partial charge in [0.15, 0.2) is 5.13 Å². The molecule has 5 rings (SSSR count). The fourth-order valence-corrected chi connectivity index (χ4v) is 4.70. The lowest BCUT2D eigenvalue weighted by molar-refractivity contribution is -0.113. The summed E-state index contributed by atoms with van der Waals surface area (Å²) < 4.78 is 6.84. The molecule has 0 saturated heterocycles. The van der Waals surface area contributed by atoms with Crippen molar-refractivity contribution in [2.24, 2.45) is 0 Å². The van der Waals surface area contributed by atoms with Crippen LogP contribution in [0, 0.1) is 6.92 Å². The van der Waals surface area contributed by atoms with E-state index in [0.29, 0.717) is 16.2 Å². The summed E-state index contributed by atoms with van der Waals surface area (Å²) in [7, 11) is 0. The van der Waals surface area contributed by atoms with Gasteiger partial charge in [-0.15, -0.1) is 10.2 Å². The van der Waals surface area contributed by atoms with E-state index in [9.17, 15) is 4.79 Å². The number of nitrogens with zero attached hydrogens (tertiary/aromatic N) is 3. The number of rotatable bonds is 5. The van der Waals surface area contributed by atoms with E-state index in [1.807, 2.05) is 61.5 Å². The molecular formula is C22H16N4O2S2. The lowest BCUT2D eigenvalue weighted by atomic mass is 10.0. The lowest BCUT2D eigenvalue weighted by Gasteiger charge is -2.01. The zero-order valence-electron chi connectivity index (χ0n) is 16.0. The molecule has 0 aliphatic carbocycles. The smallest absolute Gasteiger partial charge is 0.277 e. The maximum atomic E-state index is 12.3. The van der Waals surface area contributed by atoms with Gasteiger partial charge in [0.25, 0.3) is 5.22 Å². The van der Waals surface area contributed by atoms with E-state index in [0.717, 1.165) is 32.1 Å². The van der Waals surface area contributed by atoms with Crippen LogP contribution in [0.25, 0.3) is 32.4 Å². The lowest BCUT2D eigenvalue weighted by Crippen LogP contribution is -2.13. The molecule has 5 aromatic rings. The summed E-state index contributed by atoms with van der Waals surface area (Å²) in [5.74, 6) is 0.434. The number of carbonyl (C=O) groups excluding carboxylic acids is 1. The number of aromatic nitrogens is 3. The van der Waals surface area contributed by atoms with Crippen LogP contribution in [0.4, 0.5) is 5.13 Å². The van der Waals surface area contributed by atoms with Crippen LogP contribution in [0.15, 0.2) is 70.3 Å². The average Bonchev–Trinajstić information content (AvgIpc) is 3.38. The number of fused-ring (bicyclic) bond motifs is 2. The number of thioether (sulfide) groups is 1. The molecule has 2 heterocycles. The Bertz CT molecular complexity index is 1370. The highest BCUT2D eigenvalue weighted by atomic mass is 32.2. The molecule has 0 aliphatic heterocycles. The van der Waals surface area contributed by atoms with Crippen LogP contribution >= 0.6 is 23.1 Å². The zero-order valence-corrected chi connectivity index (χ0v) is 17.6. The number of hydrogen-bond acceptors (Lipinski definition) is 7. The third kappa shape index (κ3) is 3.79. The van der Waals surface area contributed by atoms with Gasteiger partial charge in [-0.05, 0) is 41.5 Å². The maximum Gasteiger partial charge on any atom is 0.277 e. The van der Waals surface area contributed by atoms with E-state index in [1.165, 1.54) is 23.1 Å². The first-order valence-electron chi connectivity index (χ1n) is 9.27. The predicted molar refractivity (Wildman–Crippen MR) is 121 cm³/mol. The Kier molecular flexibility index (Phi) is 4.94. The minimum Gasteiger partial charge on any atom is -0.411 e. The highest BCUT2D eigenvalue weighted by Crippen LogP contribution is 2.30. The molecule has 0 unspecified atom stereocenters. The normalized spacial score (nSPS) is 11.2. The SMILES string of the molecule is Cc1ccc2nc(NC(=O)CSc3nnc(-c4cccc5ccccc45)o3)sc2c1. The molecule has 0 spiro atoms. The monoisotopic (exact) mass is 432 g/mol. The molecule has 0 saturated carbocycles. The Labute approximate surface area is 180 Å². The maximum absolute atomic E-state index is 12.3. The van der Waals surface area contributed by atoms with Gasteiger partial charge >= 0.3 is 0 Å². The average molecular weight is 433 g/mol. The summed E-state index contributed by atoms with van der Waals surface area (Å²) in [6.45, 7) is 2.03. The molecule has 30 heavy (non-hydrogen) atoms. The number of amides is 1. The fourth-order valence-electron chi connectivity index (χ4n) is 3.16. The molecule has 0 bridgehead atoms. The molecule has 1 amide bonds. The molecule has 0 fully saturated rings. The molecule has 2 aromatic heterocycles. The number of aryl methyl sites for hydroxylation is 1. The van der Waals surface area contributed by atoms with Crippen molar-refractivity contribution < 1.29 is 9.21 Å². The van der Waals surface area contributed by atoms with Crippen molar-refractivity contribution in [3.8, 4) is 11.5 Å². The second-order valence-electron chi connectivity index (χ2n) is 6.73. The van der Waals surface area contributed by atoms with E-state index < -0.39 is 0 Å². The van der Waals surface area contributed by atoms with E-state index in [1.54, 1.807) is 0 Å². The second-order valence-corrected chi connectivity index (χ2v) is 8.68. The summed E-state index contributed by atoms with van der Waals surface area (Å²) in [5, 5.41) is 14.2. The number of thiazole rings is 1. The number of anilines is 1. The van der Waals surface area contributed by atoms with Gasteiger partial charge in [0.05, 0.1) is 16.0 Å². The number of benzene rings is 3. The Balaban J connectivity index is 1.26. The molecule has 148 valence electrons. The Morgan fingerprint density at radius 1 is 1.10 bits per heavy atom. The molecule has 0 atom stereocenters. The standard InChI is InChI=1S/C22H16N4O2S2/c1-13-9-10-17-18(11-13)30-21(23-17)24-19(27)12-29-22-26-25-20(28-22)16-8-4-6-14-5-2-3-7-15(14)16/h2-11H,12H2,1H3,(H,23,24,27). The van der Waals surface area contributed by atoms with Gasteiger partial charge in [-0.25, -0.2) is 4.98 Å². The molecular weight excluding hydrogens is 416 g/mol. The van der Waals surface area contributed by atoms with Gasteiger partial charge in [-0.2, -0.15) is 0 Å². The third-order valence-corrected chi connectivity index (χ3v) is 6.30. The highest BCUT2D eigenvalue weighted by molar-refractivity contribution is 7.99. The van der Waals surface area contributed by atoms with Gasteiger partial charge in [-0.3, -0.25) is 4.79 Å². The van der Waals surface area contributed by atoms with Crippen LogP contribution in [0.2, 0.25) is 0 Å². The minimum atomic E-state index is -0.166. The molecule has 1 N–H and O–H groups in total. The van der Waals surface area contributed by atoms with Gasteiger partial charge in [0.1, 0.15) is 0 Å².